The second-order valence-electron chi connectivity index (χ2n) is 5.42. The average Bonchev–Trinajstić information content (AvgIpc) is 2.56. The smallest absolute Gasteiger partial charge is 0.253 e. The maximum Gasteiger partial charge on any atom is 0.253 e. The minimum Gasteiger partial charge on any atom is -0.373 e. The van der Waals surface area contributed by atoms with Crippen LogP contribution in [0.15, 0.2) is 29.2 Å². The van der Waals surface area contributed by atoms with Crippen molar-refractivity contribution in [1.82, 2.24) is 9.29 Å². The van der Waals surface area contributed by atoms with E-state index in [-0.39, 0.29) is 4.90 Å². The van der Waals surface area contributed by atoms with Crippen LogP contribution >= 0.6 is 0 Å². The van der Waals surface area contributed by atoms with Crippen molar-refractivity contribution in [1.29, 1.82) is 0 Å². The Morgan fingerprint density at radius 2 is 1.48 bits per heavy atom. The van der Waals surface area contributed by atoms with Gasteiger partial charge in [-0.2, -0.15) is 22.5 Å². The predicted molar refractivity (Wildman–Crippen MR) is 83.4 cm³/mol. The van der Waals surface area contributed by atoms with Gasteiger partial charge in [-0.25, -0.2) is 12.7 Å². The van der Waals surface area contributed by atoms with Gasteiger partial charge in [-0.15, -0.1) is 0 Å². The van der Waals surface area contributed by atoms with Gasteiger partial charge in [0.05, 0.1) is 4.90 Å². The third kappa shape index (κ3) is 3.74. The van der Waals surface area contributed by atoms with Gasteiger partial charge < -0.3 is 5.32 Å². The molecule has 0 bridgehead atoms. The molecule has 0 saturated heterocycles. The van der Waals surface area contributed by atoms with Crippen molar-refractivity contribution in [3.63, 3.8) is 0 Å². The summed E-state index contributed by atoms with van der Waals surface area (Å²) in [6.45, 7) is 1.49. The standard InChI is InChI=1S/C15H15F4N3O2S/c1-8(20-13-11(16)14(18)21-15(19)12(13)17)9-4-6-10(7-5-9)25(23,24)22(2)3/h4-8H,1-3H3,(H,20,21). The first-order chi connectivity index (χ1) is 11.6. The van der Waals surface area contributed by atoms with Gasteiger partial charge in [-0.05, 0) is 24.6 Å². The third-order valence-corrected chi connectivity index (χ3v) is 5.35. The molecule has 1 N–H and O–H groups in total. The molecule has 0 spiro atoms. The van der Waals surface area contributed by atoms with E-state index < -0.39 is 45.3 Å². The molecule has 0 aliphatic carbocycles. The van der Waals surface area contributed by atoms with Gasteiger partial charge in [0.25, 0.3) is 11.9 Å². The van der Waals surface area contributed by atoms with Crippen LogP contribution in [0, 0.1) is 23.5 Å². The number of nitrogens with one attached hydrogen (secondary N) is 1. The summed E-state index contributed by atoms with van der Waals surface area (Å²) in [5.74, 6) is -6.81. The molecule has 1 aromatic carbocycles. The summed E-state index contributed by atoms with van der Waals surface area (Å²) in [6.07, 6.45) is 0. The molecule has 0 fully saturated rings. The van der Waals surface area contributed by atoms with Crippen LogP contribution in [0.4, 0.5) is 23.2 Å². The van der Waals surface area contributed by atoms with Gasteiger partial charge in [0, 0.05) is 20.1 Å². The van der Waals surface area contributed by atoms with E-state index in [0.29, 0.717) is 5.56 Å². The van der Waals surface area contributed by atoms with Gasteiger partial charge in [0.1, 0.15) is 5.69 Å². The van der Waals surface area contributed by atoms with E-state index in [1.807, 2.05) is 0 Å². The van der Waals surface area contributed by atoms with Crippen molar-refractivity contribution in [2.75, 3.05) is 19.4 Å². The predicted octanol–water partition coefficient (Wildman–Crippen LogP) is 3.06. The molecule has 0 aliphatic heterocycles. The SMILES string of the molecule is CC(Nc1c(F)c(F)nc(F)c1F)c1ccc(S(=O)(=O)N(C)C)cc1. The topological polar surface area (TPSA) is 62.3 Å². The monoisotopic (exact) mass is 377 g/mol. The summed E-state index contributed by atoms with van der Waals surface area (Å²) in [6, 6.07) is 4.74. The lowest BCUT2D eigenvalue weighted by molar-refractivity contribution is 0.410. The van der Waals surface area contributed by atoms with E-state index in [2.05, 4.69) is 10.3 Å². The van der Waals surface area contributed by atoms with Gasteiger partial charge >= 0.3 is 0 Å². The van der Waals surface area contributed by atoms with Crippen LogP contribution < -0.4 is 5.32 Å². The van der Waals surface area contributed by atoms with Gasteiger partial charge in [0.15, 0.2) is 0 Å². The summed E-state index contributed by atoms with van der Waals surface area (Å²) in [5.41, 5.74) is -0.531. The van der Waals surface area contributed by atoms with Crippen LogP contribution in [0.5, 0.6) is 0 Å². The van der Waals surface area contributed by atoms with Crippen LogP contribution in [0.25, 0.3) is 0 Å². The number of hydrogen-bond acceptors (Lipinski definition) is 4. The number of aromatic nitrogens is 1. The number of rotatable bonds is 5. The molecule has 0 radical (unpaired) electrons. The highest BCUT2D eigenvalue weighted by Crippen LogP contribution is 2.27. The van der Waals surface area contributed by atoms with Crippen molar-refractivity contribution >= 4 is 15.7 Å². The van der Waals surface area contributed by atoms with Crippen molar-refractivity contribution in [3.8, 4) is 0 Å². The maximum atomic E-state index is 13.6. The first-order valence-corrected chi connectivity index (χ1v) is 8.48. The van der Waals surface area contributed by atoms with Crippen molar-refractivity contribution in [2.45, 2.75) is 17.9 Å². The second-order valence-corrected chi connectivity index (χ2v) is 7.57. The van der Waals surface area contributed by atoms with Crippen molar-refractivity contribution < 1.29 is 26.0 Å². The fourth-order valence-electron chi connectivity index (χ4n) is 2.05. The maximum absolute atomic E-state index is 13.6. The largest absolute Gasteiger partial charge is 0.373 e. The Balaban J connectivity index is 2.30. The number of nitrogens with zero attached hydrogens (tertiary/aromatic N) is 2. The van der Waals surface area contributed by atoms with E-state index in [0.717, 1.165) is 4.31 Å². The van der Waals surface area contributed by atoms with E-state index in [1.54, 1.807) is 0 Å². The molecule has 5 nitrogen and oxygen atoms in total. The highest BCUT2D eigenvalue weighted by atomic mass is 32.2. The molecule has 136 valence electrons. The summed E-state index contributed by atoms with van der Waals surface area (Å²) < 4.78 is 78.5. The lowest BCUT2D eigenvalue weighted by Gasteiger charge is -2.18. The zero-order chi connectivity index (χ0) is 18.9. The Labute approximate surface area is 142 Å². The molecule has 2 rings (SSSR count). The Kier molecular flexibility index (Phi) is 5.33. The Morgan fingerprint density at radius 3 is 1.92 bits per heavy atom. The number of hydrogen-bond donors (Lipinski definition) is 1. The summed E-state index contributed by atoms with van der Waals surface area (Å²) in [4.78, 5) is 2.51. The first-order valence-electron chi connectivity index (χ1n) is 7.04. The average molecular weight is 377 g/mol. The molecule has 25 heavy (non-hydrogen) atoms. The number of halogens is 4. The highest BCUT2D eigenvalue weighted by molar-refractivity contribution is 7.89. The molecule has 1 unspecified atom stereocenters. The normalized spacial score (nSPS) is 13.1. The van der Waals surface area contributed by atoms with E-state index >= 15 is 0 Å². The van der Waals surface area contributed by atoms with Gasteiger partial charge in [-0.1, -0.05) is 12.1 Å². The quantitative estimate of drug-likeness (QED) is 0.643. The van der Waals surface area contributed by atoms with Gasteiger partial charge in [0.2, 0.25) is 21.7 Å². The van der Waals surface area contributed by atoms with E-state index in [4.69, 9.17) is 0 Å². The van der Waals surface area contributed by atoms with Crippen molar-refractivity contribution in [2.24, 2.45) is 0 Å². The van der Waals surface area contributed by atoms with Crippen LogP contribution in [-0.4, -0.2) is 31.8 Å². The fourth-order valence-corrected chi connectivity index (χ4v) is 2.95. The summed E-state index contributed by atoms with van der Waals surface area (Å²) in [7, 11) is -0.856. The number of sulfonamides is 1. The zero-order valence-corrected chi connectivity index (χ0v) is 14.3. The third-order valence-electron chi connectivity index (χ3n) is 3.52. The Bertz CT molecular complexity index is 860. The van der Waals surface area contributed by atoms with Gasteiger partial charge in [-0.3, -0.25) is 0 Å². The summed E-state index contributed by atoms with van der Waals surface area (Å²) >= 11 is 0. The molecular formula is C15H15F4N3O2S. The van der Waals surface area contributed by atoms with Crippen LogP contribution in [0.3, 0.4) is 0 Å². The minimum atomic E-state index is -3.62. The molecule has 10 heteroatoms. The van der Waals surface area contributed by atoms with E-state index in [9.17, 15) is 26.0 Å². The first kappa shape index (κ1) is 19.1. The Morgan fingerprint density at radius 1 is 1.00 bits per heavy atom. The molecule has 2 aromatic rings. The number of anilines is 1. The second kappa shape index (κ2) is 6.96. The molecular weight excluding hydrogens is 362 g/mol. The van der Waals surface area contributed by atoms with Crippen LogP contribution in [0.1, 0.15) is 18.5 Å². The van der Waals surface area contributed by atoms with Crippen molar-refractivity contribution in [3.05, 3.63) is 53.4 Å². The zero-order valence-electron chi connectivity index (χ0n) is 13.5. The minimum absolute atomic E-state index is 0.0341. The summed E-state index contributed by atoms with van der Waals surface area (Å²) in [5, 5.41) is 2.33. The van der Waals surface area contributed by atoms with E-state index in [1.165, 1.54) is 45.3 Å². The molecule has 0 aliphatic rings. The molecule has 1 heterocycles. The molecule has 0 saturated carbocycles. The number of benzene rings is 1. The lowest BCUT2D eigenvalue weighted by atomic mass is 10.1. The molecule has 1 aromatic heterocycles. The lowest BCUT2D eigenvalue weighted by Crippen LogP contribution is -2.22. The van der Waals surface area contributed by atoms with Crippen LogP contribution in [0.2, 0.25) is 0 Å². The molecule has 0 amide bonds. The number of pyridine rings is 1. The highest BCUT2D eigenvalue weighted by Gasteiger charge is 2.23. The fraction of sp³-hybridized carbons (Fsp3) is 0.267. The molecule has 1 atom stereocenters. The van der Waals surface area contributed by atoms with Crippen LogP contribution in [-0.2, 0) is 10.0 Å². The Hall–Kier alpha value is -2.20.